The fraction of sp³-hybridized carbons (Fsp3) is 0.500. The molecule has 0 bridgehead atoms. The van der Waals surface area contributed by atoms with Crippen LogP contribution in [0.15, 0.2) is 24.3 Å². The van der Waals surface area contributed by atoms with Gasteiger partial charge in [0.15, 0.2) is 6.61 Å². The van der Waals surface area contributed by atoms with Gasteiger partial charge >= 0.3 is 5.97 Å². The van der Waals surface area contributed by atoms with Crippen molar-refractivity contribution >= 4 is 17.8 Å². The van der Waals surface area contributed by atoms with Crippen molar-refractivity contribution in [1.82, 2.24) is 10.2 Å². The average molecular weight is 348 g/mol. The van der Waals surface area contributed by atoms with Crippen molar-refractivity contribution in [3.63, 3.8) is 0 Å². The van der Waals surface area contributed by atoms with Crippen LogP contribution < -0.4 is 10.1 Å². The van der Waals surface area contributed by atoms with E-state index < -0.39 is 12.6 Å². The van der Waals surface area contributed by atoms with Crippen LogP contribution in [0.25, 0.3) is 0 Å². The first-order valence-electron chi connectivity index (χ1n) is 8.57. The van der Waals surface area contributed by atoms with E-state index in [4.69, 9.17) is 9.84 Å². The number of carbonyl (C=O) groups is 3. The van der Waals surface area contributed by atoms with E-state index in [0.717, 1.165) is 25.9 Å². The van der Waals surface area contributed by atoms with Crippen LogP contribution in [0.2, 0.25) is 0 Å². The van der Waals surface area contributed by atoms with Crippen LogP contribution in [-0.4, -0.2) is 54.0 Å². The Labute approximate surface area is 147 Å². The molecule has 2 rings (SSSR count). The van der Waals surface area contributed by atoms with Gasteiger partial charge in [0, 0.05) is 31.6 Å². The summed E-state index contributed by atoms with van der Waals surface area (Å²) in [6.07, 6.45) is 4.70. The number of rotatable bonds is 7. The minimum atomic E-state index is -1.08. The molecule has 1 aromatic rings. The van der Waals surface area contributed by atoms with Gasteiger partial charge in [-0.25, -0.2) is 4.79 Å². The van der Waals surface area contributed by atoms with Gasteiger partial charge in [0.2, 0.25) is 5.91 Å². The Morgan fingerprint density at radius 1 is 1.12 bits per heavy atom. The Hall–Kier alpha value is -2.57. The molecule has 7 heteroatoms. The molecule has 1 heterocycles. The van der Waals surface area contributed by atoms with Crippen molar-refractivity contribution in [3.8, 4) is 5.75 Å². The number of likely N-dealkylation sites (tertiary alicyclic amines) is 1. The minimum absolute atomic E-state index is 0.0701. The van der Waals surface area contributed by atoms with Crippen molar-refractivity contribution in [2.24, 2.45) is 0 Å². The molecule has 0 saturated carbocycles. The lowest BCUT2D eigenvalue weighted by Crippen LogP contribution is -2.35. The number of benzene rings is 1. The van der Waals surface area contributed by atoms with E-state index in [1.54, 1.807) is 18.2 Å². The maximum absolute atomic E-state index is 12.2. The van der Waals surface area contributed by atoms with E-state index in [0.29, 0.717) is 11.3 Å². The van der Waals surface area contributed by atoms with Gasteiger partial charge in [0.25, 0.3) is 5.91 Å². The quantitative estimate of drug-likeness (QED) is 0.781. The summed E-state index contributed by atoms with van der Waals surface area (Å²) in [7, 11) is 0. The van der Waals surface area contributed by atoms with Gasteiger partial charge in [-0.3, -0.25) is 9.59 Å². The molecule has 1 saturated heterocycles. The Balaban J connectivity index is 1.78. The summed E-state index contributed by atoms with van der Waals surface area (Å²) in [6, 6.07) is 6.30. The normalized spacial score (nSPS) is 14.5. The van der Waals surface area contributed by atoms with Crippen molar-refractivity contribution in [1.29, 1.82) is 0 Å². The molecule has 0 unspecified atom stereocenters. The summed E-state index contributed by atoms with van der Waals surface area (Å²) in [6.45, 7) is 1.41. The number of hydrogen-bond acceptors (Lipinski definition) is 4. The second kappa shape index (κ2) is 9.66. The van der Waals surface area contributed by atoms with E-state index in [2.05, 4.69) is 5.32 Å². The largest absolute Gasteiger partial charge is 0.482 e. The Morgan fingerprint density at radius 3 is 2.52 bits per heavy atom. The summed E-state index contributed by atoms with van der Waals surface area (Å²) in [4.78, 5) is 36.7. The number of amides is 2. The number of carboxylic acid groups (broad SMARTS) is 1. The van der Waals surface area contributed by atoms with Gasteiger partial charge in [-0.2, -0.15) is 0 Å². The molecule has 0 aliphatic carbocycles. The van der Waals surface area contributed by atoms with Crippen molar-refractivity contribution in [2.75, 3.05) is 26.2 Å². The fourth-order valence-electron chi connectivity index (χ4n) is 2.74. The highest BCUT2D eigenvalue weighted by molar-refractivity contribution is 5.94. The van der Waals surface area contributed by atoms with Crippen LogP contribution in [0.3, 0.4) is 0 Å². The fourth-order valence-corrected chi connectivity index (χ4v) is 2.74. The van der Waals surface area contributed by atoms with Crippen molar-refractivity contribution < 1.29 is 24.2 Å². The molecule has 0 spiro atoms. The zero-order valence-corrected chi connectivity index (χ0v) is 14.2. The standard InChI is InChI=1S/C18H24N2O5/c21-16(20-10-3-1-2-4-11-20)8-9-19-18(24)14-6-5-7-15(12-14)25-13-17(22)23/h5-7,12H,1-4,8-11,13H2,(H,19,24)(H,22,23). The molecular formula is C18H24N2O5. The molecule has 1 aromatic carbocycles. The third-order valence-corrected chi connectivity index (χ3v) is 4.04. The van der Waals surface area contributed by atoms with Crippen LogP contribution in [0, 0.1) is 0 Å². The molecule has 1 aliphatic heterocycles. The summed E-state index contributed by atoms with van der Waals surface area (Å²) >= 11 is 0. The van der Waals surface area contributed by atoms with E-state index in [1.165, 1.54) is 18.9 Å². The van der Waals surface area contributed by atoms with Crippen LogP contribution in [-0.2, 0) is 9.59 Å². The number of carbonyl (C=O) groups excluding carboxylic acids is 2. The maximum Gasteiger partial charge on any atom is 0.341 e. The highest BCUT2D eigenvalue weighted by Crippen LogP contribution is 2.13. The van der Waals surface area contributed by atoms with Crippen molar-refractivity contribution in [3.05, 3.63) is 29.8 Å². The second-order valence-corrected chi connectivity index (χ2v) is 6.01. The first-order chi connectivity index (χ1) is 12.1. The lowest BCUT2D eigenvalue weighted by atomic mass is 10.2. The second-order valence-electron chi connectivity index (χ2n) is 6.01. The summed E-state index contributed by atoms with van der Waals surface area (Å²) in [5.41, 5.74) is 0.366. The van der Waals surface area contributed by atoms with Gasteiger partial charge in [-0.1, -0.05) is 18.9 Å². The van der Waals surface area contributed by atoms with Crippen LogP contribution in [0.5, 0.6) is 5.75 Å². The number of hydrogen-bond donors (Lipinski definition) is 2. The van der Waals surface area contributed by atoms with E-state index in [9.17, 15) is 14.4 Å². The molecule has 1 fully saturated rings. The molecule has 0 atom stereocenters. The average Bonchev–Trinajstić information content (AvgIpc) is 2.89. The number of aliphatic carboxylic acids is 1. The monoisotopic (exact) mass is 348 g/mol. The topological polar surface area (TPSA) is 95.9 Å². The van der Waals surface area contributed by atoms with Crippen LogP contribution in [0.1, 0.15) is 42.5 Å². The number of nitrogens with zero attached hydrogens (tertiary/aromatic N) is 1. The smallest absolute Gasteiger partial charge is 0.341 e. The lowest BCUT2D eigenvalue weighted by Gasteiger charge is -2.20. The summed E-state index contributed by atoms with van der Waals surface area (Å²) in [5.74, 6) is -1.01. The molecule has 25 heavy (non-hydrogen) atoms. The zero-order valence-electron chi connectivity index (χ0n) is 14.2. The number of nitrogens with one attached hydrogen (secondary N) is 1. The number of carboxylic acids is 1. The molecule has 0 aromatic heterocycles. The predicted octanol–water partition coefficient (Wildman–Crippen LogP) is 1.67. The highest BCUT2D eigenvalue weighted by Gasteiger charge is 2.15. The van der Waals surface area contributed by atoms with Crippen LogP contribution in [0.4, 0.5) is 0 Å². The molecular weight excluding hydrogens is 324 g/mol. The SMILES string of the molecule is O=C(O)COc1cccc(C(=O)NCCC(=O)N2CCCCCC2)c1. The number of ether oxygens (including phenoxy) is 1. The molecule has 0 radical (unpaired) electrons. The van der Waals surface area contributed by atoms with Gasteiger partial charge in [0.05, 0.1) is 0 Å². The van der Waals surface area contributed by atoms with Gasteiger partial charge < -0.3 is 20.1 Å². The molecule has 2 N–H and O–H groups in total. The molecule has 136 valence electrons. The first-order valence-corrected chi connectivity index (χ1v) is 8.57. The maximum atomic E-state index is 12.2. The lowest BCUT2D eigenvalue weighted by molar-refractivity contribution is -0.139. The van der Waals surface area contributed by atoms with Gasteiger partial charge in [0.1, 0.15) is 5.75 Å². The van der Waals surface area contributed by atoms with Gasteiger partial charge in [-0.05, 0) is 31.0 Å². The molecule has 2 amide bonds. The Morgan fingerprint density at radius 2 is 1.84 bits per heavy atom. The Kier molecular flexibility index (Phi) is 7.25. The minimum Gasteiger partial charge on any atom is -0.482 e. The highest BCUT2D eigenvalue weighted by atomic mass is 16.5. The van der Waals surface area contributed by atoms with Gasteiger partial charge in [-0.15, -0.1) is 0 Å². The van der Waals surface area contributed by atoms with Crippen molar-refractivity contribution in [2.45, 2.75) is 32.1 Å². The third kappa shape index (κ3) is 6.45. The third-order valence-electron chi connectivity index (χ3n) is 4.04. The predicted molar refractivity (Wildman–Crippen MR) is 91.6 cm³/mol. The van der Waals surface area contributed by atoms with Crippen LogP contribution >= 0.6 is 0 Å². The first kappa shape index (κ1) is 18.8. The summed E-state index contributed by atoms with van der Waals surface area (Å²) in [5, 5.41) is 11.3. The summed E-state index contributed by atoms with van der Waals surface area (Å²) < 4.78 is 5.05. The molecule has 1 aliphatic rings. The van der Waals surface area contributed by atoms with E-state index >= 15 is 0 Å². The molecule has 7 nitrogen and oxygen atoms in total. The zero-order chi connectivity index (χ0) is 18.1. The Bertz CT molecular complexity index is 609. The van der Waals surface area contributed by atoms with E-state index in [1.807, 2.05) is 4.90 Å². The van der Waals surface area contributed by atoms with E-state index in [-0.39, 0.29) is 24.8 Å².